The highest BCUT2D eigenvalue weighted by atomic mass is 32.2. The maximum Gasteiger partial charge on any atom is 0.418 e. The molecule has 9 nitrogen and oxygen atoms in total. The molecular weight excluding hydrogens is 680 g/mol. The minimum atomic E-state index is -4.84. The summed E-state index contributed by atoms with van der Waals surface area (Å²) in [7, 11) is 2.88. The van der Waals surface area contributed by atoms with Crippen molar-refractivity contribution in [2.24, 2.45) is 5.92 Å². The number of benzene rings is 4. The number of thioether (sulfide) groups is 1. The number of fused-ring (bicyclic) bond motifs is 3. The number of ether oxygens (including phenoxy) is 2. The molecule has 2 aliphatic heterocycles. The van der Waals surface area contributed by atoms with Gasteiger partial charge in [-0.3, -0.25) is 23.7 Å². The summed E-state index contributed by atoms with van der Waals surface area (Å²) in [5.74, 6) is -3.57. The summed E-state index contributed by atoms with van der Waals surface area (Å²) in [4.78, 5) is 55.8. The number of para-hydroxylation sites is 1. The van der Waals surface area contributed by atoms with Crippen LogP contribution in [-0.4, -0.2) is 41.8 Å². The summed E-state index contributed by atoms with van der Waals surface area (Å²) in [5, 5.41) is 3.68. The Hall–Kier alpha value is -5.08. The third kappa shape index (κ3) is 5.54. The minimum absolute atomic E-state index is 0.288. The van der Waals surface area contributed by atoms with Gasteiger partial charge in [-0.1, -0.05) is 77.7 Å². The molecule has 0 bridgehead atoms. The van der Waals surface area contributed by atoms with Crippen LogP contribution in [0.4, 0.5) is 24.5 Å². The quantitative estimate of drug-likeness (QED) is 0.192. The van der Waals surface area contributed by atoms with Crippen LogP contribution in [0.25, 0.3) is 10.8 Å². The van der Waals surface area contributed by atoms with E-state index in [0.29, 0.717) is 32.5 Å². The maximum absolute atomic E-state index is 14.2. The average molecular weight is 706 g/mol. The van der Waals surface area contributed by atoms with E-state index in [0.717, 1.165) is 46.0 Å². The number of amides is 3. The second kappa shape index (κ2) is 12.4. The Bertz CT molecular complexity index is 2210. The van der Waals surface area contributed by atoms with E-state index in [4.69, 9.17) is 9.47 Å². The number of carbonyl (C=O) groups excluding carboxylic acids is 3. The number of methoxy groups -OCH3 is 2. The Balaban J connectivity index is 1.32. The number of rotatable bonds is 7. The Morgan fingerprint density at radius 1 is 0.878 bits per heavy atom. The van der Waals surface area contributed by atoms with Gasteiger partial charge in [0.05, 0.1) is 36.4 Å². The SMILES string of the molecule is COc1ccc(C2c3sc(=O)n(CC(=O)Nc4cccc5ccccc45)c3SC3C(=O)N(c4ccccc4C(F)(F)F)C(=O)C32)cc1OC. The smallest absolute Gasteiger partial charge is 0.418 e. The zero-order valence-corrected chi connectivity index (χ0v) is 27.4. The number of nitrogens with zero attached hydrogens (tertiary/aromatic N) is 2. The summed E-state index contributed by atoms with van der Waals surface area (Å²) >= 11 is 1.73. The number of imide groups is 1. The Labute approximate surface area is 285 Å². The molecule has 250 valence electrons. The topological polar surface area (TPSA) is 107 Å². The van der Waals surface area contributed by atoms with Crippen LogP contribution >= 0.6 is 23.1 Å². The van der Waals surface area contributed by atoms with Gasteiger partial charge in [0.15, 0.2) is 11.5 Å². The number of thiazole rings is 1. The van der Waals surface area contributed by atoms with Crippen LogP contribution in [-0.2, 0) is 27.1 Å². The summed E-state index contributed by atoms with van der Waals surface area (Å²) in [5.41, 5.74) is -0.664. The minimum Gasteiger partial charge on any atom is -0.493 e. The van der Waals surface area contributed by atoms with Gasteiger partial charge in [0.2, 0.25) is 17.7 Å². The van der Waals surface area contributed by atoms with Gasteiger partial charge in [-0.25, -0.2) is 4.90 Å². The molecule has 3 amide bonds. The van der Waals surface area contributed by atoms with Crippen molar-refractivity contribution in [2.75, 3.05) is 24.4 Å². The highest BCUT2D eigenvalue weighted by Gasteiger charge is 2.58. The van der Waals surface area contributed by atoms with Gasteiger partial charge in [-0.05, 0) is 41.3 Å². The second-order valence-corrected chi connectivity index (χ2v) is 13.5. The Kier molecular flexibility index (Phi) is 8.23. The summed E-state index contributed by atoms with van der Waals surface area (Å²) in [6.07, 6.45) is -4.84. The van der Waals surface area contributed by atoms with E-state index >= 15 is 0 Å². The molecule has 7 rings (SSSR count). The number of hydrogen-bond acceptors (Lipinski definition) is 8. The number of nitrogens with one attached hydrogen (secondary N) is 1. The lowest BCUT2D eigenvalue weighted by Gasteiger charge is -2.31. The van der Waals surface area contributed by atoms with Crippen LogP contribution in [0.15, 0.2) is 94.7 Å². The first-order chi connectivity index (χ1) is 23.5. The summed E-state index contributed by atoms with van der Waals surface area (Å²) < 4.78 is 54.4. The van der Waals surface area contributed by atoms with Gasteiger partial charge in [0, 0.05) is 21.9 Å². The lowest BCUT2D eigenvalue weighted by atomic mass is 9.83. The van der Waals surface area contributed by atoms with Crippen molar-refractivity contribution < 1.29 is 37.0 Å². The molecule has 3 heterocycles. The van der Waals surface area contributed by atoms with Crippen molar-refractivity contribution >= 4 is 63.0 Å². The molecule has 4 aromatic carbocycles. The van der Waals surface area contributed by atoms with Gasteiger partial charge in [0.25, 0.3) is 0 Å². The van der Waals surface area contributed by atoms with Gasteiger partial charge >= 0.3 is 11.0 Å². The van der Waals surface area contributed by atoms with Crippen molar-refractivity contribution in [1.82, 2.24) is 4.57 Å². The van der Waals surface area contributed by atoms with Crippen LogP contribution in [0.1, 0.15) is 21.9 Å². The highest BCUT2D eigenvalue weighted by Crippen LogP contribution is 2.55. The first kappa shape index (κ1) is 32.5. The summed E-state index contributed by atoms with van der Waals surface area (Å²) in [6, 6.07) is 22.2. The van der Waals surface area contributed by atoms with E-state index in [9.17, 15) is 32.3 Å². The Morgan fingerprint density at radius 3 is 2.35 bits per heavy atom. The average Bonchev–Trinajstić information content (AvgIpc) is 3.53. The van der Waals surface area contributed by atoms with Gasteiger partial charge < -0.3 is 14.8 Å². The van der Waals surface area contributed by atoms with E-state index in [1.807, 2.05) is 30.3 Å². The zero-order valence-electron chi connectivity index (χ0n) is 25.8. The molecule has 0 spiro atoms. The molecule has 3 atom stereocenters. The van der Waals surface area contributed by atoms with Gasteiger partial charge in [-0.2, -0.15) is 13.2 Å². The van der Waals surface area contributed by atoms with Crippen molar-refractivity contribution in [3.63, 3.8) is 0 Å². The van der Waals surface area contributed by atoms with E-state index in [1.165, 1.54) is 30.9 Å². The van der Waals surface area contributed by atoms with E-state index in [-0.39, 0.29) is 5.03 Å². The summed E-state index contributed by atoms with van der Waals surface area (Å²) in [6.45, 7) is -0.403. The molecule has 2 aliphatic rings. The zero-order chi connectivity index (χ0) is 34.6. The van der Waals surface area contributed by atoms with E-state index in [2.05, 4.69) is 5.32 Å². The van der Waals surface area contributed by atoms with E-state index in [1.54, 1.807) is 30.3 Å². The standard InChI is InChI=1S/C35H26F3N3O6S2/c1-46-24-15-14-19(16-25(24)47-2)27-28-29(32(44)41(31(28)43)23-13-6-5-11-21(23)35(36,37)38)48-33-30(27)49-34(45)40(33)17-26(42)39-22-12-7-9-18-8-3-4-10-20(18)22/h3-16,27-29H,17H2,1-2H3,(H,39,42). The molecule has 1 saturated heterocycles. The molecule has 0 aliphatic carbocycles. The number of carbonyl (C=O) groups is 3. The fourth-order valence-corrected chi connectivity index (χ4v) is 9.25. The van der Waals surface area contributed by atoms with Crippen molar-refractivity contribution in [2.45, 2.75) is 28.9 Å². The van der Waals surface area contributed by atoms with Crippen molar-refractivity contribution in [3.8, 4) is 11.5 Å². The molecule has 5 aromatic rings. The molecule has 49 heavy (non-hydrogen) atoms. The number of halogens is 3. The molecular formula is C35H26F3N3O6S2. The predicted octanol–water partition coefficient (Wildman–Crippen LogP) is 6.53. The van der Waals surface area contributed by atoms with E-state index < -0.39 is 63.7 Å². The molecule has 0 radical (unpaired) electrons. The second-order valence-electron chi connectivity index (χ2n) is 11.4. The van der Waals surface area contributed by atoms with Crippen molar-refractivity contribution in [3.05, 3.63) is 111 Å². The molecule has 1 N–H and O–H groups in total. The predicted molar refractivity (Wildman–Crippen MR) is 180 cm³/mol. The number of hydrogen-bond donors (Lipinski definition) is 1. The fourth-order valence-electron chi connectivity index (χ4n) is 6.47. The number of aromatic nitrogens is 1. The molecule has 1 aromatic heterocycles. The van der Waals surface area contributed by atoms with Gasteiger partial charge in [0.1, 0.15) is 11.8 Å². The largest absolute Gasteiger partial charge is 0.493 e. The Morgan fingerprint density at radius 2 is 1.59 bits per heavy atom. The van der Waals surface area contributed by atoms with Crippen LogP contribution in [0.3, 0.4) is 0 Å². The molecule has 0 saturated carbocycles. The molecule has 3 unspecified atom stereocenters. The molecule has 14 heteroatoms. The third-order valence-electron chi connectivity index (χ3n) is 8.63. The van der Waals surface area contributed by atoms with Crippen LogP contribution in [0.2, 0.25) is 0 Å². The van der Waals surface area contributed by atoms with Gasteiger partial charge in [-0.15, -0.1) is 0 Å². The lowest BCUT2D eigenvalue weighted by Crippen LogP contribution is -2.33. The third-order valence-corrected chi connectivity index (χ3v) is 11.2. The van der Waals surface area contributed by atoms with Crippen LogP contribution < -0.4 is 24.6 Å². The maximum atomic E-state index is 14.2. The fraction of sp³-hybridized carbons (Fsp3) is 0.200. The lowest BCUT2D eigenvalue weighted by molar-refractivity contribution is -0.137. The monoisotopic (exact) mass is 705 g/mol. The molecule has 1 fully saturated rings. The van der Waals surface area contributed by atoms with Crippen LogP contribution in [0, 0.1) is 5.92 Å². The van der Waals surface area contributed by atoms with Crippen LogP contribution in [0.5, 0.6) is 11.5 Å². The number of alkyl halides is 3. The normalized spacial score (nSPS) is 18.7. The first-order valence-electron chi connectivity index (χ1n) is 15.0. The van der Waals surface area contributed by atoms with Crippen molar-refractivity contribution in [1.29, 1.82) is 0 Å². The first-order valence-corrected chi connectivity index (χ1v) is 16.6. The number of anilines is 2. The highest BCUT2D eigenvalue weighted by molar-refractivity contribution is 8.00.